The minimum Gasteiger partial charge on any atom is -0.322 e. The largest absolute Gasteiger partial charge is 0.322 e. The average Bonchev–Trinajstić information content (AvgIpc) is 3.15. The van der Waals surface area contributed by atoms with Gasteiger partial charge in [-0.05, 0) is 53.9 Å². The van der Waals surface area contributed by atoms with Crippen LogP contribution in [0.2, 0.25) is 5.02 Å². The molecule has 0 radical (unpaired) electrons. The third-order valence-electron chi connectivity index (χ3n) is 3.39. The molecule has 1 aromatic heterocycles. The molecule has 0 saturated heterocycles. The first kappa shape index (κ1) is 17.8. The number of anilines is 1. The highest BCUT2D eigenvalue weighted by Gasteiger charge is 2.08. The third-order valence-corrected chi connectivity index (χ3v) is 4.43. The minimum atomic E-state index is -0.328. The van der Waals surface area contributed by atoms with Crippen molar-refractivity contribution in [2.45, 2.75) is 0 Å². The molecule has 26 heavy (non-hydrogen) atoms. The van der Waals surface area contributed by atoms with E-state index in [4.69, 9.17) is 11.6 Å². The van der Waals surface area contributed by atoms with Crippen molar-refractivity contribution in [2.75, 3.05) is 5.32 Å². The molecule has 0 aliphatic heterocycles. The quantitative estimate of drug-likeness (QED) is 0.505. The highest BCUT2D eigenvalue weighted by Crippen LogP contribution is 2.14. The molecule has 130 valence electrons. The fraction of sp³-hybridized carbons (Fsp3) is 0. The van der Waals surface area contributed by atoms with E-state index in [-0.39, 0.29) is 11.8 Å². The molecule has 0 saturated carbocycles. The Labute approximate surface area is 159 Å². The van der Waals surface area contributed by atoms with Crippen molar-refractivity contribution in [3.05, 3.63) is 87.1 Å². The predicted molar refractivity (Wildman–Crippen MR) is 105 cm³/mol. The number of amides is 2. The van der Waals surface area contributed by atoms with Crippen molar-refractivity contribution < 1.29 is 9.59 Å². The number of hydrazone groups is 1. The van der Waals surface area contributed by atoms with Crippen LogP contribution in [0.15, 0.2) is 71.1 Å². The fourth-order valence-electron chi connectivity index (χ4n) is 2.12. The molecule has 0 aliphatic carbocycles. The number of carbonyl (C=O) groups excluding carboxylic acids is 2. The topological polar surface area (TPSA) is 70.6 Å². The Hall–Kier alpha value is -2.96. The van der Waals surface area contributed by atoms with Crippen molar-refractivity contribution in [2.24, 2.45) is 5.10 Å². The Morgan fingerprint density at radius 1 is 0.962 bits per heavy atom. The second kappa shape index (κ2) is 8.42. The number of hydrogen-bond donors (Lipinski definition) is 2. The van der Waals surface area contributed by atoms with Gasteiger partial charge in [0.1, 0.15) is 0 Å². The van der Waals surface area contributed by atoms with E-state index in [1.165, 1.54) is 11.3 Å². The minimum absolute atomic E-state index is 0.273. The van der Waals surface area contributed by atoms with Gasteiger partial charge in [-0.15, -0.1) is 11.3 Å². The normalized spacial score (nSPS) is 10.7. The Bertz CT molecular complexity index is 938. The lowest BCUT2D eigenvalue weighted by molar-refractivity contribution is 0.0954. The summed E-state index contributed by atoms with van der Waals surface area (Å²) in [5.74, 6) is -0.601. The molecule has 3 aromatic rings. The summed E-state index contributed by atoms with van der Waals surface area (Å²) in [7, 11) is 0. The second-order valence-electron chi connectivity index (χ2n) is 5.26. The van der Waals surface area contributed by atoms with Crippen LogP contribution in [0.3, 0.4) is 0 Å². The van der Waals surface area contributed by atoms with Crippen molar-refractivity contribution in [3.8, 4) is 0 Å². The van der Waals surface area contributed by atoms with Crippen molar-refractivity contribution in [3.63, 3.8) is 0 Å². The summed E-state index contributed by atoms with van der Waals surface area (Å²) in [4.78, 5) is 25.2. The Morgan fingerprint density at radius 2 is 1.77 bits per heavy atom. The van der Waals surface area contributed by atoms with Gasteiger partial charge in [0.15, 0.2) is 0 Å². The van der Waals surface area contributed by atoms with Crippen LogP contribution in [-0.4, -0.2) is 18.0 Å². The van der Waals surface area contributed by atoms with Gasteiger partial charge in [-0.2, -0.15) is 5.10 Å². The van der Waals surface area contributed by atoms with Crippen molar-refractivity contribution >= 4 is 46.7 Å². The van der Waals surface area contributed by atoms with Gasteiger partial charge >= 0.3 is 0 Å². The van der Waals surface area contributed by atoms with Gasteiger partial charge in [-0.3, -0.25) is 9.59 Å². The molecule has 1 heterocycles. The Kier molecular flexibility index (Phi) is 5.78. The Balaban J connectivity index is 1.59. The molecule has 3 rings (SSSR count). The summed E-state index contributed by atoms with van der Waals surface area (Å²) in [6, 6.07) is 17.0. The monoisotopic (exact) mass is 383 g/mol. The highest BCUT2D eigenvalue weighted by atomic mass is 35.5. The molecule has 0 aliphatic rings. The number of hydrogen-bond acceptors (Lipinski definition) is 4. The number of halogens is 1. The molecule has 0 unspecified atom stereocenters. The fourth-order valence-corrected chi connectivity index (χ4v) is 2.90. The lowest BCUT2D eigenvalue weighted by Crippen LogP contribution is -2.17. The number of thiophene rings is 1. The summed E-state index contributed by atoms with van der Waals surface area (Å²) < 4.78 is 0. The van der Waals surface area contributed by atoms with Crippen LogP contribution in [0.4, 0.5) is 5.69 Å². The van der Waals surface area contributed by atoms with E-state index in [0.717, 1.165) is 4.88 Å². The highest BCUT2D eigenvalue weighted by molar-refractivity contribution is 7.11. The maximum Gasteiger partial charge on any atom is 0.271 e. The van der Waals surface area contributed by atoms with Crippen LogP contribution in [0.1, 0.15) is 25.6 Å². The van der Waals surface area contributed by atoms with Crippen LogP contribution >= 0.6 is 22.9 Å². The zero-order chi connectivity index (χ0) is 18.4. The van der Waals surface area contributed by atoms with E-state index < -0.39 is 0 Å². The average molecular weight is 384 g/mol. The second-order valence-corrected chi connectivity index (χ2v) is 6.67. The predicted octanol–water partition coefficient (Wildman–Crippen LogP) is 4.42. The van der Waals surface area contributed by atoms with Crippen LogP contribution in [-0.2, 0) is 0 Å². The van der Waals surface area contributed by atoms with Gasteiger partial charge in [0, 0.05) is 26.7 Å². The first-order chi connectivity index (χ1) is 12.6. The van der Waals surface area contributed by atoms with Crippen LogP contribution < -0.4 is 10.7 Å². The molecule has 2 N–H and O–H groups in total. The van der Waals surface area contributed by atoms with E-state index in [1.54, 1.807) is 54.7 Å². The maximum atomic E-state index is 12.2. The molecule has 0 fully saturated rings. The van der Waals surface area contributed by atoms with Gasteiger partial charge in [0.05, 0.1) is 6.21 Å². The molecular formula is C19H14ClN3O2S. The number of nitrogens with zero attached hydrogens (tertiary/aromatic N) is 1. The summed E-state index contributed by atoms with van der Waals surface area (Å²) in [6.45, 7) is 0. The smallest absolute Gasteiger partial charge is 0.271 e. The van der Waals surface area contributed by atoms with E-state index in [2.05, 4.69) is 15.8 Å². The molecule has 2 aromatic carbocycles. The molecule has 0 bridgehead atoms. The van der Waals surface area contributed by atoms with Crippen LogP contribution in [0.5, 0.6) is 0 Å². The lowest BCUT2D eigenvalue weighted by atomic mass is 10.1. The third kappa shape index (κ3) is 4.78. The molecule has 0 atom stereocenters. The maximum absolute atomic E-state index is 12.2. The molecule has 2 amide bonds. The lowest BCUT2D eigenvalue weighted by Gasteiger charge is -2.06. The number of rotatable bonds is 5. The van der Waals surface area contributed by atoms with E-state index in [9.17, 15) is 9.59 Å². The van der Waals surface area contributed by atoms with Crippen LogP contribution in [0, 0.1) is 0 Å². The van der Waals surface area contributed by atoms with E-state index >= 15 is 0 Å². The van der Waals surface area contributed by atoms with Gasteiger partial charge < -0.3 is 5.32 Å². The van der Waals surface area contributed by atoms with Gasteiger partial charge in [0.2, 0.25) is 0 Å². The summed E-state index contributed by atoms with van der Waals surface area (Å²) in [5.41, 5.74) is 3.94. The van der Waals surface area contributed by atoms with E-state index in [0.29, 0.717) is 21.8 Å². The first-order valence-corrected chi connectivity index (χ1v) is 8.91. The molecule has 0 spiro atoms. The number of carbonyl (C=O) groups is 2. The van der Waals surface area contributed by atoms with Crippen LogP contribution in [0.25, 0.3) is 0 Å². The number of benzene rings is 2. The van der Waals surface area contributed by atoms with Gasteiger partial charge in [0.25, 0.3) is 11.8 Å². The molecular weight excluding hydrogens is 370 g/mol. The SMILES string of the molecule is O=C(NN=Cc1cccs1)c1ccc(NC(=O)c2cccc(Cl)c2)cc1. The Morgan fingerprint density at radius 3 is 2.46 bits per heavy atom. The van der Waals surface area contributed by atoms with Crippen molar-refractivity contribution in [1.29, 1.82) is 0 Å². The standard InChI is InChI=1S/C19H14ClN3O2S/c20-15-4-1-3-14(11-15)18(24)22-16-8-6-13(7-9-16)19(25)23-21-12-17-5-2-10-26-17/h1-12H,(H,22,24)(H,23,25). The van der Waals surface area contributed by atoms with E-state index in [1.807, 2.05) is 17.5 Å². The van der Waals surface area contributed by atoms with Crippen molar-refractivity contribution in [1.82, 2.24) is 5.43 Å². The van der Waals surface area contributed by atoms with Gasteiger partial charge in [-0.25, -0.2) is 5.43 Å². The summed E-state index contributed by atoms with van der Waals surface area (Å²) in [6.07, 6.45) is 1.59. The summed E-state index contributed by atoms with van der Waals surface area (Å²) >= 11 is 7.41. The zero-order valence-corrected chi connectivity index (χ0v) is 15.1. The molecule has 7 heteroatoms. The first-order valence-electron chi connectivity index (χ1n) is 7.66. The summed E-state index contributed by atoms with van der Waals surface area (Å²) in [5, 5.41) is 9.09. The number of nitrogens with one attached hydrogen (secondary N) is 2. The molecule has 5 nitrogen and oxygen atoms in total. The van der Waals surface area contributed by atoms with Gasteiger partial charge in [-0.1, -0.05) is 23.7 Å². The zero-order valence-electron chi connectivity index (χ0n) is 13.5.